The molecule has 1 aliphatic rings. The van der Waals surface area contributed by atoms with Gasteiger partial charge in [0, 0.05) is 24.7 Å². The molecular weight excluding hydrogens is 320 g/mol. The van der Waals surface area contributed by atoms with Crippen molar-refractivity contribution in [2.45, 2.75) is 38.6 Å². The van der Waals surface area contributed by atoms with Gasteiger partial charge in [-0.1, -0.05) is 19.1 Å². The number of fused-ring (bicyclic) bond motifs is 2. The summed E-state index contributed by atoms with van der Waals surface area (Å²) in [7, 11) is 0. The van der Waals surface area contributed by atoms with Gasteiger partial charge in [-0.15, -0.1) is 11.3 Å². The number of carbonyl (C=O) groups excluding carboxylic acids is 1. The standard InChI is InChI=1S/C18H20N4OS/c1-12(18-20-14-7-2-3-8-16(14)24-18)11-19-17(23)15-10-13-6-4-5-9-22(13)21-15/h2-3,7-8,10,12H,4-6,9,11H2,1H3,(H,19,23). The van der Waals surface area contributed by atoms with Gasteiger partial charge in [-0.3, -0.25) is 9.48 Å². The van der Waals surface area contributed by atoms with Crippen LogP contribution in [0.15, 0.2) is 30.3 Å². The van der Waals surface area contributed by atoms with E-state index in [2.05, 4.69) is 28.4 Å². The maximum atomic E-state index is 12.4. The van der Waals surface area contributed by atoms with Gasteiger partial charge in [-0.25, -0.2) is 4.98 Å². The molecular formula is C18H20N4OS. The SMILES string of the molecule is CC(CNC(=O)c1cc2n(n1)CCCC2)c1nc2ccccc2s1. The fraction of sp³-hybridized carbons (Fsp3) is 0.389. The van der Waals surface area contributed by atoms with Gasteiger partial charge in [-0.2, -0.15) is 5.10 Å². The maximum absolute atomic E-state index is 12.4. The fourth-order valence-electron chi connectivity index (χ4n) is 3.05. The second kappa shape index (κ2) is 6.36. The summed E-state index contributed by atoms with van der Waals surface area (Å²) >= 11 is 1.69. The number of rotatable bonds is 4. The molecule has 0 fully saturated rings. The Morgan fingerprint density at radius 1 is 1.38 bits per heavy atom. The number of hydrogen-bond acceptors (Lipinski definition) is 4. The van der Waals surface area contributed by atoms with Crippen molar-refractivity contribution < 1.29 is 4.79 Å². The molecule has 6 heteroatoms. The van der Waals surface area contributed by atoms with E-state index >= 15 is 0 Å². The van der Waals surface area contributed by atoms with Crippen molar-refractivity contribution in [2.75, 3.05) is 6.54 Å². The van der Waals surface area contributed by atoms with Gasteiger partial charge in [-0.05, 0) is 37.5 Å². The van der Waals surface area contributed by atoms with E-state index in [-0.39, 0.29) is 11.8 Å². The van der Waals surface area contributed by atoms with Crippen LogP contribution >= 0.6 is 11.3 Å². The van der Waals surface area contributed by atoms with Crippen LogP contribution in [0.25, 0.3) is 10.2 Å². The molecule has 1 aliphatic heterocycles. The lowest BCUT2D eigenvalue weighted by atomic mass is 10.1. The number of nitrogens with one attached hydrogen (secondary N) is 1. The molecule has 1 atom stereocenters. The number of thiazole rings is 1. The number of carbonyl (C=O) groups is 1. The van der Waals surface area contributed by atoms with Crippen molar-refractivity contribution in [3.05, 3.63) is 46.7 Å². The topological polar surface area (TPSA) is 59.8 Å². The van der Waals surface area contributed by atoms with Crippen LogP contribution in [0.5, 0.6) is 0 Å². The number of hydrogen-bond donors (Lipinski definition) is 1. The highest BCUT2D eigenvalue weighted by atomic mass is 32.1. The summed E-state index contributed by atoms with van der Waals surface area (Å²) in [6, 6.07) is 10.1. The molecule has 5 nitrogen and oxygen atoms in total. The van der Waals surface area contributed by atoms with Crippen LogP contribution in [0, 0.1) is 0 Å². The third kappa shape index (κ3) is 2.94. The Morgan fingerprint density at radius 3 is 3.08 bits per heavy atom. The molecule has 0 radical (unpaired) electrons. The van der Waals surface area contributed by atoms with E-state index in [4.69, 9.17) is 0 Å². The third-order valence-corrected chi connectivity index (χ3v) is 5.72. The minimum Gasteiger partial charge on any atom is -0.350 e. The first-order chi connectivity index (χ1) is 11.7. The van der Waals surface area contributed by atoms with Gasteiger partial charge in [0.2, 0.25) is 0 Å². The monoisotopic (exact) mass is 340 g/mol. The smallest absolute Gasteiger partial charge is 0.271 e. The minimum atomic E-state index is -0.0927. The molecule has 3 heterocycles. The second-order valence-corrected chi connectivity index (χ2v) is 7.39. The Balaban J connectivity index is 1.42. The molecule has 0 saturated carbocycles. The Bertz CT molecular complexity index is 826. The molecule has 24 heavy (non-hydrogen) atoms. The first-order valence-electron chi connectivity index (χ1n) is 8.41. The lowest BCUT2D eigenvalue weighted by Gasteiger charge is -2.11. The van der Waals surface area contributed by atoms with Crippen LogP contribution in [0.1, 0.15) is 46.9 Å². The fourth-order valence-corrected chi connectivity index (χ4v) is 4.07. The third-order valence-electron chi connectivity index (χ3n) is 4.45. The number of amides is 1. The number of para-hydroxylation sites is 1. The molecule has 124 valence electrons. The first kappa shape index (κ1) is 15.3. The number of aryl methyl sites for hydroxylation is 2. The molecule has 4 rings (SSSR count). The molecule has 1 aromatic carbocycles. The van der Waals surface area contributed by atoms with E-state index in [0.717, 1.165) is 29.9 Å². The summed E-state index contributed by atoms with van der Waals surface area (Å²) < 4.78 is 3.16. The molecule has 0 bridgehead atoms. The summed E-state index contributed by atoms with van der Waals surface area (Å²) in [5.41, 5.74) is 2.73. The summed E-state index contributed by atoms with van der Waals surface area (Å²) in [6.07, 6.45) is 3.34. The van der Waals surface area contributed by atoms with Crippen molar-refractivity contribution >= 4 is 27.5 Å². The summed E-state index contributed by atoms with van der Waals surface area (Å²) in [5, 5.41) is 8.49. The highest BCUT2D eigenvalue weighted by Gasteiger charge is 2.18. The molecule has 3 aromatic rings. The second-order valence-electron chi connectivity index (χ2n) is 6.33. The van der Waals surface area contributed by atoms with E-state index in [9.17, 15) is 4.79 Å². The van der Waals surface area contributed by atoms with Gasteiger partial charge in [0.15, 0.2) is 0 Å². The van der Waals surface area contributed by atoms with Crippen LogP contribution < -0.4 is 5.32 Å². The van der Waals surface area contributed by atoms with Crippen molar-refractivity contribution in [1.82, 2.24) is 20.1 Å². The quantitative estimate of drug-likeness (QED) is 0.792. The molecule has 1 N–H and O–H groups in total. The van der Waals surface area contributed by atoms with Gasteiger partial charge >= 0.3 is 0 Å². The van der Waals surface area contributed by atoms with Crippen LogP contribution in [-0.2, 0) is 13.0 Å². The summed E-state index contributed by atoms with van der Waals surface area (Å²) in [6.45, 7) is 3.59. The van der Waals surface area contributed by atoms with Crippen molar-refractivity contribution in [2.24, 2.45) is 0 Å². The van der Waals surface area contributed by atoms with E-state index in [1.165, 1.54) is 16.8 Å². The largest absolute Gasteiger partial charge is 0.350 e. The Kier molecular flexibility index (Phi) is 4.06. The lowest BCUT2D eigenvalue weighted by molar-refractivity contribution is 0.0945. The molecule has 0 aliphatic carbocycles. The number of nitrogens with zero attached hydrogens (tertiary/aromatic N) is 3. The zero-order valence-electron chi connectivity index (χ0n) is 13.7. The molecule has 2 aromatic heterocycles. The van der Waals surface area contributed by atoms with Gasteiger partial charge in [0.25, 0.3) is 5.91 Å². The van der Waals surface area contributed by atoms with Crippen LogP contribution in [0.2, 0.25) is 0 Å². The first-order valence-corrected chi connectivity index (χ1v) is 9.23. The highest BCUT2D eigenvalue weighted by Crippen LogP contribution is 2.26. The summed E-state index contributed by atoms with van der Waals surface area (Å²) in [4.78, 5) is 17.0. The van der Waals surface area contributed by atoms with Gasteiger partial charge < -0.3 is 5.32 Å². The molecule has 1 amide bonds. The van der Waals surface area contributed by atoms with Crippen LogP contribution in [0.3, 0.4) is 0 Å². The normalized spacial score (nSPS) is 15.2. The van der Waals surface area contributed by atoms with E-state index in [0.29, 0.717) is 12.2 Å². The van der Waals surface area contributed by atoms with Crippen LogP contribution in [0.4, 0.5) is 0 Å². The zero-order valence-corrected chi connectivity index (χ0v) is 14.5. The van der Waals surface area contributed by atoms with Gasteiger partial charge in [0.05, 0.1) is 15.2 Å². The van der Waals surface area contributed by atoms with Gasteiger partial charge in [0.1, 0.15) is 5.69 Å². The van der Waals surface area contributed by atoms with Crippen molar-refractivity contribution in [1.29, 1.82) is 0 Å². The molecule has 0 spiro atoms. The Labute approximate surface area is 144 Å². The minimum absolute atomic E-state index is 0.0927. The average molecular weight is 340 g/mol. The lowest BCUT2D eigenvalue weighted by Crippen LogP contribution is -2.28. The highest BCUT2D eigenvalue weighted by molar-refractivity contribution is 7.18. The number of benzene rings is 1. The maximum Gasteiger partial charge on any atom is 0.271 e. The Morgan fingerprint density at radius 2 is 2.25 bits per heavy atom. The molecule has 0 saturated heterocycles. The average Bonchev–Trinajstić information content (AvgIpc) is 3.23. The summed E-state index contributed by atoms with van der Waals surface area (Å²) in [5.74, 6) is 0.0912. The van der Waals surface area contributed by atoms with E-state index < -0.39 is 0 Å². The van der Waals surface area contributed by atoms with Crippen LogP contribution in [-0.4, -0.2) is 27.2 Å². The van der Waals surface area contributed by atoms with E-state index in [1.807, 2.05) is 28.9 Å². The van der Waals surface area contributed by atoms with Crippen molar-refractivity contribution in [3.8, 4) is 0 Å². The number of aromatic nitrogens is 3. The van der Waals surface area contributed by atoms with E-state index in [1.54, 1.807) is 11.3 Å². The zero-order chi connectivity index (χ0) is 16.5. The van der Waals surface area contributed by atoms with Crippen molar-refractivity contribution in [3.63, 3.8) is 0 Å². The predicted octanol–water partition coefficient (Wildman–Crippen LogP) is 3.36. The predicted molar refractivity (Wildman–Crippen MR) is 95.5 cm³/mol. The molecule has 1 unspecified atom stereocenters. The Hall–Kier alpha value is -2.21.